The molecule has 9 aromatic rings. The third-order valence-electron chi connectivity index (χ3n) is 9.68. The first-order valence-electron chi connectivity index (χ1n) is 17.6. The monoisotopic (exact) mass is 679 g/mol. The number of allylic oxidation sites excluding steroid dienone is 3. The maximum Gasteiger partial charge on any atom is 0.0900 e. The number of hydrogen-bond donors (Lipinski definition) is 0. The molecule has 0 aliphatic carbocycles. The lowest BCUT2D eigenvalue weighted by molar-refractivity contribution is 1.21. The number of aromatic nitrogens is 4. The van der Waals surface area contributed by atoms with Crippen LogP contribution in [0.2, 0.25) is 0 Å². The highest BCUT2D eigenvalue weighted by molar-refractivity contribution is 6.21. The van der Waals surface area contributed by atoms with Gasteiger partial charge in [0.1, 0.15) is 0 Å². The molecule has 250 valence electrons. The summed E-state index contributed by atoms with van der Waals surface area (Å²) in [5.74, 6) is 0. The summed E-state index contributed by atoms with van der Waals surface area (Å²) in [4.78, 5) is 24.5. The van der Waals surface area contributed by atoms with E-state index in [1.54, 1.807) is 6.20 Å². The summed E-state index contributed by atoms with van der Waals surface area (Å²) in [6, 6.07) is 50.5. The molecule has 0 fully saturated rings. The van der Waals surface area contributed by atoms with Crippen LogP contribution in [0.25, 0.3) is 94.1 Å². The molecule has 4 aromatic heterocycles. The van der Waals surface area contributed by atoms with Crippen LogP contribution in [0, 0.1) is 0 Å². The van der Waals surface area contributed by atoms with Gasteiger partial charge in [0.2, 0.25) is 0 Å². The summed E-state index contributed by atoms with van der Waals surface area (Å²) in [5.41, 5.74) is 10.8. The van der Waals surface area contributed by atoms with Crippen molar-refractivity contribution in [1.82, 2.24) is 19.9 Å². The van der Waals surface area contributed by atoms with Crippen molar-refractivity contribution < 1.29 is 0 Å². The van der Waals surface area contributed by atoms with Gasteiger partial charge in [-0.15, -0.1) is 0 Å². The minimum absolute atomic E-state index is 0.685. The first-order chi connectivity index (χ1) is 26.2. The summed E-state index contributed by atoms with van der Waals surface area (Å²) >= 11 is 0. The van der Waals surface area contributed by atoms with E-state index in [9.17, 15) is 0 Å². The zero-order valence-corrected chi connectivity index (χ0v) is 29.1. The Hall–Kier alpha value is -7.11. The van der Waals surface area contributed by atoms with Crippen LogP contribution in [-0.2, 0) is 0 Å². The fourth-order valence-electron chi connectivity index (χ4n) is 7.08. The molecule has 0 saturated carbocycles. The van der Waals surface area contributed by atoms with Gasteiger partial charge in [0.15, 0.2) is 0 Å². The maximum atomic E-state index is 5.34. The van der Waals surface area contributed by atoms with E-state index >= 15 is 0 Å². The van der Waals surface area contributed by atoms with Gasteiger partial charge in [-0.3, -0.25) is 9.98 Å². The number of fused-ring (bicyclic) bond motifs is 6. The Morgan fingerprint density at radius 1 is 0.547 bits per heavy atom. The summed E-state index contributed by atoms with van der Waals surface area (Å²) in [5, 5.41) is 6.72. The molecule has 5 nitrogen and oxygen atoms in total. The second-order valence-corrected chi connectivity index (χ2v) is 12.9. The normalized spacial score (nSPS) is 12.0. The molecule has 0 aliphatic rings. The highest BCUT2D eigenvalue weighted by atomic mass is 14.8. The van der Waals surface area contributed by atoms with E-state index in [0.29, 0.717) is 5.70 Å². The number of aliphatic imine (C=N–C) groups is 1. The van der Waals surface area contributed by atoms with Crippen molar-refractivity contribution >= 4 is 55.8 Å². The van der Waals surface area contributed by atoms with Gasteiger partial charge < -0.3 is 0 Å². The van der Waals surface area contributed by atoms with Crippen molar-refractivity contribution in [2.45, 2.75) is 6.92 Å². The minimum Gasteiger partial charge on any atom is -0.262 e. The number of rotatable bonds is 7. The van der Waals surface area contributed by atoms with Gasteiger partial charge in [0.25, 0.3) is 0 Å². The molecule has 0 radical (unpaired) electrons. The molecule has 5 aromatic carbocycles. The summed E-state index contributed by atoms with van der Waals surface area (Å²) in [7, 11) is 0. The molecule has 0 unspecified atom stereocenters. The van der Waals surface area contributed by atoms with Crippen LogP contribution in [0.4, 0.5) is 0 Å². The molecule has 0 spiro atoms. The van der Waals surface area contributed by atoms with Crippen molar-refractivity contribution in [3.8, 4) is 45.0 Å². The maximum absolute atomic E-state index is 5.34. The predicted octanol–water partition coefficient (Wildman–Crippen LogP) is 12.2. The van der Waals surface area contributed by atoms with Crippen molar-refractivity contribution in [3.63, 3.8) is 0 Å². The van der Waals surface area contributed by atoms with Crippen molar-refractivity contribution in [3.05, 3.63) is 176 Å². The van der Waals surface area contributed by atoms with Crippen molar-refractivity contribution in [2.24, 2.45) is 4.99 Å². The lowest BCUT2D eigenvalue weighted by atomic mass is 9.94. The van der Waals surface area contributed by atoms with E-state index in [0.717, 1.165) is 83.3 Å². The summed E-state index contributed by atoms with van der Waals surface area (Å²) in [6.07, 6.45) is 7.62. The van der Waals surface area contributed by atoms with Gasteiger partial charge in [-0.2, -0.15) is 0 Å². The second kappa shape index (κ2) is 13.5. The first kappa shape index (κ1) is 31.8. The number of benzene rings is 5. The Kier molecular flexibility index (Phi) is 8.14. The highest BCUT2D eigenvalue weighted by Crippen LogP contribution is 2.39. The van der Waals surface area contributed by atoms with Gasteiger partial charge in [0.05, 0.1) is 45.2 Å². The van der Waals surface area contributed by atoms with Crippen molar-refractivity contribution in [1.29, 1.82) is 0 Å². The lowest BCUT2D eigenvalue weighted by Crippen LogP contribution is -1.96. The van der Waals surface area contributed by atoms with Crippen LogP contribution in [0.15, 0.2) is 175 Å². The van der Waals surface area contributed by atoms with Crippen LogP contribution >= 0.6 is 0 Å². The van der Waals surface area contributed by atoms with E-state index in [4.69, 9.17) is 15.0 Å². The van der Waals surface area contributed by atoms with Crippen LogP contribution in [-0.4, -0.2) is 26.7 Å². The molecular formula is C48H33N5. The van der Waals surface area contributed by atoms with E-state index in [1.807, 2.05) is 49.4 Å². The average Bonchev–Trinajstić information content (AvgIpc) is 3.23. The Labute approximate surface area is 307 Å². The zero-order valence-electron chi connectivity index (χ0n) is 29.1. The molecule has 0 saturated heterocycles. The van der Waals surface area contributed by atoms with Gasteiger partial charge in [-0.1, -0.05) is 97.1 Å². The van der Waals surface area contributed by atoms with Crippen LogP contribution in [0.3, 0.4) is 0 Å². The fourth-order valence-corrected chi connectivity index (χ4v) is 7.08. The van der Waals surface area contributed by atoms with E-state index in [-0.39, 0.29) is 0 Å². The van der Waals surface area contributed by atoms with Crippen molar-refractivity contribution in [2.75, 3.05) is 0 Å². The minimum atomic E-state index is 0.685. The standard InChI is InChI=1S/C48H33N5/c1-3-4-16-43(49-2)45-29-36(30-46(52-45)44-17-10-11-26-50-44)34-20-23-42-39(28-34)37-21-25-41-38(47(37)48(53-42)32-13-6-5-7-14-32)22-24-40(51-41)35-19-18-31-12-8-9-15-33(31)27-35/h3-30H,2H2,1H3/b4-3-,43-16-. The van der Waals surface area contributed by atoms with Crippen LogP contribution in [0.1, 0.15) is 12.6 Å². The van der Waals surface area contributed by atoms with Gasteiger partial charge >= 0.3 is 0 Å². The third-order valence-corrected chi connectivity index (χ3v) is 9.68. The first-order valence-corrected chi connectivity index (χ1v) is 17.6. The molecule has 9 rings (SSSR count). The quantitative estimate of drug-likeness (QED) is 0.0955. The molecule has 5 heteroatoms. The lowest BCUT2D eigenvalue weighted by Gasteiger charge is -2.15. The molecule has 0 amide bonds. The topological polar surface area (TPSA) is 63.9 Å². The van der Waals surface area contributed by atoms with E-state index in [2.05, 4.69) is 138 Å². The number of pyridine rings is 4. The van der Waals surface area contributed by atoms with E-state index < -0.39 is 0 Å². The Bertz CT molecular complexity index is 2910. The Balaban J connectivity index is 1.26. The van der Waals surface area contributed by atoms with E-state index in [1.165, 1.54) is 10.8 Å². The molecular weight excluding hydrogens is 647 g/mol. The molecule has 0 aliphatic heterocycles. The predicted molar refractivity (Wildman–Crippen MR) is 222 cm³/mol. The Morgan fingerprint density at radius 2 is 1.32 bits per heavy atom. The molecule has 53 heavy (non-hydrogen) atoms. The third kappa shape index (κ3) is 5.94. The summed E-state index contributed by atoms with van der Waals surface area (Å²) in [6.45, 7) is 5.81. The molecule has 0 N–H and O–H groups in total. The second-order valence-electron chi connectivity index (χ2n) is 12.9. The Morgan fingerprint density at radius 3 is 2.15 bits per heavy atom. The average molecular weight is 680 g/mol. The number of hydrogen-bond acceptors (Lipinski definition) is 5. The van der Waals surface area contributed by atoms with Gasteiger partial charge in [-0.25, -0.2) is 15.0 Å². The molecule has 0 bridgehead atoms. The van der Waals surface area contributed by atoms with Gasteiger partial charge in [-0.05, 0) is 108 Å². The largest absolute Gasteiger partial charge is 0.262 e. The summed E-state index contributed by atoms with van der Waals surface area (Å²) < 4.78 is 0. The number of nitrogens with zero attached hydrogens (tertiary/aromatic N) is 5. The molecule has 0 atom stereocenters. The van der Waals surface area contributed by atoms with Gasteiger partial charge in [0, 0.05) is 33.5 Å². The fraction of sp³-hybridized carbons (Fsp3) is 0.0208. The smallest absolute Gasteiger partial charge is 0.0900 e. The highest BCUT2D eigenvalue weighted by Gasteiger charge is 2.17. The molecule has 4 heterocycles. The van der Waals surface area contributed by atoms with Crippen LogP contribution < -0.4 is 0 Å². The SMILES string of the molecule is C=N/C(=C\C=C/C)c1cc(-c2ccc3nc(-c4ccccc4)c4c5ccc(-c6ccc7ccccc7c6)nc5ccc4c3c2)cc(-c2ccccn2)n1. The zero-order chi connectivity index (χ0) is 35.7. The van der Waals surface area contributed by atoms with Crippen LogP contribution in [0.5, 0.6) is 0 Å².